The fourth-order valence-electron chi connectivity index (χ4n) is 2.97. The van der Waals surface area contributed by atoms with Gasteiger partial charge in [0, 0.05) is 24.1 Å². The molecule has 4 rings (SSSR count). The number of carbonyl (C=O) groups excluding carboxylic acids is 1. The lowest BCUT2D eigenvalue weighted by Gasteiger charge is -2.08. The van der Waals surface area contributed by atoms with Crippen LogP contribution in [0.2, 0.25) is 0 Å². The quantitative estimate of drug-likeness (QED) is 0.697. The lowest BCUT2D eigenvalue weighted by Crippen LogP contribution is -2.25. The highest BCUT2D eigenvalue weighted by Crippen LogP contribution is 2.32. The minimum Gasteiger partial charge on any atom is -0.497 e. The number of fused-ring (bicyclic) bond motifs is 2. The van der Waals surface area contributed by atoms with E-state index in [0.29, 0.717) is 40.3 Å². The van der Waals surface area contributed by atoms with Gasteiger partial charge in [-0.25, -0.2) is 4.79 Å². The monoisotopic (exact) mass is 367 g/mol. The molecular formula is C20H17NO6. The molecule has 7 nitrogen and oxygen atoms in total. The van der Waals surface area contributed by atoms with Crippen molar-refractivity contribution in [1.29, 1.82) is 0 Å². The Morgan fingerprint density at radius 1 is 1.11 bits per heavy atom. The van der Waals surface area contributed by atoms with Gasteiger partial charge in [-0.3, -0.25) is 4.79 Å². The van der Waals surface area contributed by atoms with E-state index < -0.39 is 5.63 Å². The molecule has 2 aromatic carbocycles. The number of methoxy groups -OCH3 is 1. The van der Waals surface area contributed by atoms with Crippen LogP contribution in [0.3, 0.4) is 0 Å². The first kappa shape index (κ1) is 17.0. The highest BCUT2D eigenvalue weighted by atomic mass is 16.7. The Morgan fingerprint density at radius 2 is 1.96 bits per heavy atom. The lowest BCUT2D eigenvalue weighted by molar-refractivity contribution is -0.120. The Balaban J connectivity index is 1.48. The first-order valence-corrected chi connectivity index (χ1v) is 8.38. The van der Waals surface area contributed by atoms with Crippen LogP contribution in [-0.2, 0) is 17.8 Å². The molecule has 0 radical (unpaired) electrons. The van der Waals surface area contributed by atoms with Crippen molar-refractivity contribution in [2.24, 2.45) is 0 Å². The number of benzene rings is 2. The molecule has 2 heterocycles. The van der Waals surface area contributed by atoms with E-state index in [0.717, 1.165) is 5.56 Å². The van der Waals surface area contributed by atoms with Crippen molar-refractivity contribution < 1.29 is 23.4 Å². The Bertz CT molecular complexity index is 1070. The summed E-state index contributed by atoms with van der Waals surface area (Å²) in [6, 6.07) is 12.0. The largest absolute Gasteiger partial charge is 0.497 e. The van der Waals surface area contributed by atoms with Crippen molar-refractivity contribution >= 4 is 16.9 Å². The second kappa shape index (κ2) is 7.03. The number of carbonyl (C=O) groups is 1. The van der Waals surface area contributed by atoms with Gasteiger partial charge in [-0.15, -0.1) is 0 Å². The zero-order valence-corrected chi connectivity index (χ0v) is 14.6. The van der Waals surface area contributed by atoms with Crippen LogP contribution in [0.15, 0.2) is 51.7 Å². The van der Waals surface area contributed by atoms with Gasteiger partial charge in [0.1, 0.15) is 11.3 Å². The topological polar surface area (TPSA) is 87.0 Å². The molecule has 3 aromatic rings. The average Bonchev–Trinajstić information content (AvgIpc) is 3.13. The summed E-state index contributed by atoms with van der Waals surface area (Å²) in [4.78, 5) is 24.2. The van der Waals surface area contributed by atoms with Crippen LogP contribution in [0.4, 0.5) is 0 Å². The fraction of sp³-hybridized carbons (Fsp3) is 0.200. The minimum absolute atomic E-state index is 0.0684. The van der Waals surface area contributed by atoms with E-state index in [1.165, 1.54) is 13.2 Å². The van der Waals surface area contributed by atoms with Gasteiger partial charge in [-0.05, 0) is 35.4 Å². The smallest absolute Gasteiger partial charge is 0.336 e. The Labute approximate surface area is 154 Å². The highest BCUT2D eigenvalue weighted by Gasteiger charge is 2.14. The van der Waals surface area contributed by atoms with E-state index in [2.05, 4.69) is 5.32 Å². The molecule has 1 aliphatic rings. The third-order valence-electron chi connectivity index (χ3n) is 4.32. The van der Waals surface area contributed by atoms with Crippen molar-refractivity contribution in [3.63, 3.8) is 0 Å². The molecule has 1 aromatic heterocycles. The number of hydrogen-bond acceptors (Lipinski definition) is 6. The first-order chi connectivity index (χ1) is 13.1. The summed E-state index contributed by atoms with van der Waals surface area (Å²) in [5, 5.41) is 3.56. The van der Waals surface area contributed by atoms with Gasteiger partial charge in [-0.1, -0.05) is 6.07 Å². The van der Waals surface area contributed by atoms with Crippen molar-refractivity contribution in [2.75, 3.05) is 13.9 Å². The van der Waals surface area contributed by atoms with Gasteiger partial charge < -0.3 is 23.9 Å². The zero-order chi connectivity index (χ0) is 18.8. The summed E-state index contributed by atoms with van der Waals surface area (Å²) in [6.07, 6.45) is 0.0684. The summed E-state index contributed by atoms with van der Waals surface area (Å²) < 4.78 is 20.9. The molecule has 138 valence electrons. The summed E-state index contributed by atoms with van der Waals surface area (Å²) >= 11 is 0. The number of nitrogens with one attached hydrogen (secondary N) is 1. The number of amides is 1. The molecule has 1 aliphatic heterocycles. The molecule has 27 heavy (non-hydrogen) atoms. The van der Waals surface area contributed by atoms with Crippen LogP contribution in [0, 0.1) is 0 Å². The molecule has 7 heteroatoms. The molecule has 0 atom stereocenters. The van der Waals surface area contributed by atoms with Crippen LogP contribution < -0.4 is 25.2 Å². The minimum atomic E-state index is -0.505. The van der Waals surface area contributed by atoms with Gasteiger partial charge in [0.05, 0.1) is 13.5 Å². The Morgan fingerprint density at radius 3 is 2.81 bits per heavy atom. The van der Waals surface area contributed by atoms with E-state index in [-0.39, 0.29) is 19.1 Å². The average molecular weight is 367 g/mol. The van der Waals surface area contributed by atoms with E-state index in [9.17, 15) is 9.59 Å². The maximum Gasteiger partial charge on any atom is 0.336 e. The maximum absolute atomic E-state index is 12.4. The third-order valence-corrected chi connectivity index (χ3v) is 4.32. The van der Waals surface area contributed by atoms with Gasteiger partial charge in [0.2, 0.25) is 12.7 Å². The van der Waals surface area contributed by atoms with E-state index in [1.807, 2.05) is 18.2 Å². The van der Waals surface area contributed by atoms with Crippen LogP contribution >= 0.6 is 0 Å². The van der Waals surface area contributed by atoms with E-state index in [4.69, 9.17) is 18.6 Å². The molecule has 1 amide bonds. The SMILES string of the molecule is COc1ccc2c(CC(=O)NCc3ccc4c(c3)OCO4)cc(=O)oc2c1. The zero-order valence-electron chi connectivity index (χ0n) is 14.6. The van der Waals surface area contributed by atoms with Crippen LogP contribution in [0.5, 0.6) is 17.2 Å². The standard InChI is InChI=1S/C20H17NO6/c1-24-14-3-4-15-13(8-20(23)27-17(15)9-14)7-19(22)21-10-12-2-5-16-18(6-12)26-11-25-16/h2-6,8-9H,7,10-11H2,1H3,(H,21,22). The number of rotatable bonds is 5. The second-order valence-corrected chi connectivity index (χ2v) is 6.09. The van der Waals surface area contributed by atoms with E-state index >= 15 is 0 Å². The molecule has 0 spiro atoms. The molecular weight excluding hydrogens is 350 g/mol. The number of hydrogen-bond donors (Lipinski definition) is 1. The number of ether oxygens (including phenoxy) is 3. The molecule has 0 saturated carbocycles. The van der Waals surface area contributed by atoms with Gasteiger partial charge in [-0.2, -0.15) is 0 Å². The molecule has 0 fully saturated rings. The summed E-state index contributed by atoms with van der Waals surface area (Å²) in [5.74, 6) is 1.75. The van der Waals surface area contributed by atoms with Gasteiger partial charge >= 0.3 is 5.63 Å². The summed E-state index contributed by atoms with van der Waals surface area (Å²) in [5.41, 5.74) is 1.39. The maximum atomic E-state index is 12.4. The van der Waals surface area contributed by atoms with Crippen LogP contribution in [0.1, 0.15) is 11.1 Å². The van der Waals surface area contributed by atoms with Gasteiger partial charge in [0.15, 0.2) is 11.5 Å². The fourth-order valence-corrected chi connectivity index (χ4v) is 2.97. The summed E-state index contributed by atoms with van der Waals surface area (Å²) in [6.45, 7) is 0.558. The molecule has 0 aliphatic carbocycles. The highest BCUT2D eigenvalue weighted by molar-refractivity contribution is 5.87. The van der Waals surface area contributed by atoms with Crippen molar-refractivity contribution in [3.05, 3.63) is 64.0 Å². The van der Waals surface area contributed by atoms with Crippen molar-refractivity contribution in [1.82, 2.24) is 5.32 Å². The Kier molecular flexibility index (Phi) is 4.42. The molecule has 0 saturated heterocycles. The third kappa shape index (κ3) is 3.57. The predicted octanol–water partition coefficient (Wildman–Crippen LogP) is 2.39. The normalized spacial score (nSPS) is 12.2. The molecule has 0 unspecified atom stereocenters. The summed E-state index contributed by atoms with van der Waals surface area (Å²) in [7, 11) is 1.53. The van der Waals surface area contributed by atoms with Crippen molar-refractivity contribution in [3.8, 4) is 17.2 Å². The van der Waals surface area contributed by atoms with Crippen LogP contribution in [0.25, 0.3) is 11.0 Å². The van der Waals surface area contributed by atoms with Crippen LogP contribution in [-0.4, -0.2) is 19.8 Å². The Hall–Kier alpha value is -3.48. The second-order valence-electron chi connectivity index (χ2n) is 6.09. The predicted molar refractivity (Wildman–Crippen MR) is 97.2 cm³/mol. The van der Waals surface area contributed by atoms with Crippen molar-refractivity contribution in [2.45, 2.75) is 13.0 Å². The molecule has 0 bridgehead atoms. The lowest BCUT2D eigenvalue weighted by atomic mass is 10.1. The first-order valence-electron chi connectivity index (χ1n) is 8.38. The van der Waals surface area contributed by atoms with Gasteiger partial charge in [0.25, 0.3) is 0 Å². The van der Waals surface area contributed by atoms with E-state index in [1.54, 1.807) is 18.2 Å². The molecule has 1 N–H and O–H groups in total.